The van der Waals surface area contributed by atoms with Crippen molar-refractivity contribution in [2.75, 3.05) is 0 Å². The Balaban J connectivity index is 3.52. The average Bonchev–Trinajstić information content (AvgIpc) is 2.10. The van der Waals surface area contributed by atoms with Crippen molar-refractivity contribution < 1.29 is 10.2 Å². The van der Waals surface area contributed by atoms with E-state index in [0.29, 0.717) is 12.8 Å². The number of hydrogen-bond donors (Lipinski definition) is 2. The highest BCUT2D eigenvalue weighted by Crippen LogP contribution is 2.08. The molecule has 70 valence electrons. The molecule has 0 spiro atoms. The molecular weight excluding hydrogens is 152 g/mol. The molecule has 12 heavy (non-hydrogen) atoms. The van der Waals surface area contributed by atoms with Gasteiger partial charge in [-0.1, -0.05) is 12.2 Å². The van der Waals surface area contributed by atoms with Crippen LogP contribution in [0, 0.1) is 0 Å². The number of aliphatic hydroxyl groups excluding tert-OH is 2. The first-order valence-electron chi connectivity index (χ1n) is 4.30. The summed E-state index contributed by atoms with van der Waals surface area (Å²) < 4.78 is 0. The predicted molar refractivity (Wildman–Crippen MR) is 50.9 cm³/mol. The summed E-state index contributed by atoms with van der Waals surface area (Å²) >= 11 is 0. The van der Waals surface area contributed by atoms with E-state index in [1.807, 2.05) is 0 Å². The van der Waals surface area contributed by atoms with E-state index in [2.05, 4.69) is 13.2 Å². The van der Waals surface area contributed by atoms with Gasteiger partial charge < -0.3 is 10.2 Å². The average molecular weight is 170 g/mol. The lowest BCUT2D eigenvalue weighted by Crippen LogP contribution is -2.25. The number of rotatable bonds is 7. The summed E-state index contributed by atoms with van der Waals surface area (Å²) in [7, 11) is 0. The summed E-state index contributed by atoms with van der Waals surface area (Å²) in [6.07, 6.45) is 4.89. The van der Waals surface area contributed by atoms with Crippen LogP contribution in [0.25, 0.3) is 0 Å². The maximum absolute atomic E-state index is 9.34. The molecule has 0 bridgehead atoms. The molecule has 0 saturated carbocycles. The van der Waals surface area contributed by atoms with Crippen molar-refractivity contribution >= 4 is 0 Å². The zero-order valence-corrected chi connectivity index (χ0v) is 7.45. The van der Waals surface area contributed by atoms with Crippen molar-refractivity contribution in [1.29, 1.82) is 0 Å². The van der Waals surface area contributed by atoms with Crippen molar-refractivity contribution in [3.63, 3.8) is 0 Å². The molecule has 0 saturated heterocycles. The summed E-state index contributed by atoms with van der Waals surface area (Å²) in [5.41, 5.74) is 0. The third-order valence-electron chi connectivity index (χ3n) is 1.78. The fourth-order valence-electron chi connectivity index (χ4n) is 0.962. The highest BCUT2D eigenvalue weighted by atomic mass is 16.3. The summed E-state index contributed by atoms with van der Waals surface area (Å²) in [4.78, 5) is 0. The summed E-state index contributed by atoms with van der Waals surface area (Å²) in [5, 5.41) is 18.7. The van der Waals surface area contributed by atoms with E-state index < -0.39 is 12.2 Å². The number of allylic oxidation sites excluding steroid dienone is 2. The first-order valence-corrected chi connectivity index (χ1v) is 4.30. The molecule has 0 aromatic heterocycles. The lowest BCUT2D eigenvalue weighted by Gasteiger charge is -2.15. The van der Waals surface area contributed by atoms with Gasteiger partial charge in [0.2, 0.25) is 0 Å². The normalized spacial score (nSPS) is 15.2. The Morgan fingerprint density at radius 1 is 0.917 bits per heavy atom. The molecule has 0 heterocycles. The molecule has 0 unspecified atom stereocenters. The predicted octanol–water partition coefficient (Wildman–Crippen LogP) is 1.64. The van der Waals surface area contributed by atoms with Crippen LogP contribution < -0.4 is 0 Å². The Kier molecular flexibility index (Phi) is 6.72. The minimum Gasteiger partial charge on any atom is -0.390 e. The van der Waals surface area contributed by atoms with Crippen LogP contribution in [0.3, 0.4) is 0 Å². The molecule has 2 heteroatoms. The van der Waals surface area contributed by atoms with E-state index in [9.17, 15) is 10.2 Å². The molecule has 0 aromatic carbocycles. The maximum atomic E-state index is 9.34. The molecule has 0 amide bonds. The summed E-state index contributed by atoms with van der Waals surface area (Å²) in [5.74, 6) is 0. The van der Waals surface area contributed by atoms with E-state index in [-0.39, 0.29) is 0 Å². The van der Waals surface area contributed by atoms with Gasteiger partial charge in [0.05, 0.1) is 12.2 Å². The van der Waals surface area contributed by atoms with Gasteiger partial charge in [-0.15, -0.1) is 13.2 Å². The molecule has 0 aliphatic carbocycles. The van der Waals surface area contributed by atoms with Gasteiger partial charge in [-0.05, 0) is 25.7 Å². The Morgan fingerprint density at radius 3 is 1.50 bits per heavy atom. The zero-order chi connectivity index (χ0) is 9.40. The van der Waals surface area contributed by atoms with E-state index in [1.165, 1.54) is 0 Å². The Bertz CT molecular complexity index is 116. The van der Waals surface area contributed by atoms with E-state index in [1.54, 1.807) is 12.2 Å². The van der Waals surface area contributed by atoms with Gasteiger partial charge in [-0.25, -0.2) is 0 Å². The molecule has 2 atom stereocenters. The van der Waals surface area contributed by atoms with Crippen molar-refractivity contribution in [2.45, 2.75) is 37.9 Å². The Hall–Kier alpha value is -0.600. The van der Waals surface area contributed by atoms with Crippen LogP contribution in [0.5, 0.6) is 0 Å². The molecule has 0 rings (SSSR count). The summed E-state index contributed by atoms with van der Waals surface area (Å²) in [6, 6.07) is 0. The highest BCUT2D eigenvalue weighted by molar-refractivity contribution is 4.76. The highest BCUT2D eigenvalue weighted by Gasteiger charge is 2.13. The quantitative estimate of drug-likeness (QED) is 0.570. The fraction of sp³-hybridized carbons (Fsp3) is 0.600. The lowest BCUT2D eigenvalue weighted by atomic mass is 10.0. The Labute approximate surface area is 74.2 Å². The third kappa shape index (κ3) is 5.10. The molecule has 2 nitrogen and oxygen atoms in total. The minimum atomic E-state index is -0.622. The topological polar surface area (TPSA) is 40.5 Å². The van der Waals surface area contributed by atoms with Crippen molar-refractivity contribution in [3.05, 3.63) is 25.3 Å². The smallest absolute Gasteiger partial charge is 0.0802 e. The van der Waals surface area contributed by atoms with Crippen molar-refractivity contribution in [2.24, 2.45) is 0 Å². The first-order chi connectivity index (χ1) is 5.72. The van der Waals surface area contributed by atoms with Gasteiger partial charge in [0, 0.05) is 0 Å². The van der Waals surface area contributed by atoms with E-state index in [4.69, 9.17) is 0 Å². The van der Waals surface area contributed by atoms with Gasteiger partial charge in [0.25, 0.3) is 0 Å². The molecule has 0 aliphatic heterocycles. The van der Waals surface area contributed by atoms with Crippen molar-refractivity contribution in [1.82, 2.24) is 0 Å². The molecule has 0 aromatic rings. The van der Waals surface area contributed by atoms with Crippen LogP contribution in [-0.4, -0.2) is 22.4 Å². The maximum Gasteiger partial charge on any atom is 0.0802 e. The second kappa shape index (κ2) is 7.07. The van der Waals surface area contributed by atoms with E-state index in [0.717, 1.165) is 12.8 Å². The van der Waals surface area contributed by atoms with Crippen LogP contribution in [-0.2, 0) is 0 Å². The second-order valence-electron chi connectivity index (χ2n) is 2.87. The SMILES string of the molecule is C=CCC[C@@H](O)[C@H](O)CCC=C. The van der Waals surface area contributed by atoms with Crippen LogP contribution in [0.15, 0.2) is 25.3 Å². The fourth-order valence-corrected chi connectivity index (χ4v) is 0.962. The van der Waals surface area contributed by atoms with Crippen LogP contribution in [0.1, 0.15) is 25.7 Å². The summed E-state index contributed by atoms with van der Waals surface area (Å²) in [6.45, 7) is 7.09. The van der Waals surface area contributed by atoms with Gasteiger partial charge in [0.1, 0.15) is 0 Å². The largest absolute Gasteiger partial charge is 0.390 e. The van der Waals surface area contributed by atoms with Gasteiger partial charge >= 0.3 is 0 Å². The molecule has 0 aliphatic rings. The molecular formula is C10H18O2. The Morgan fingerprint density at radius 2 is 1.25 bits per heavy atom. The van der Waals surface area contributed by atoms with Crippen LogP contribution >= 0.6 is 0 Å². The van der Waals surface area contributed by atoms with Gasteiger partial charge in [-0.3, -0.25) is 0 Å². The van der Waals surface area contributed by atoms with Crippen LogP contribution in [0.4, 0.5) is 0 Å². The van der Waals surface area contributed by atoms with Gasteiger partial charge in [-0.2, -0.15) is 0 Å². The van der Waals surface area contributed by atoms with Crippen molar-refractivity contribution in [3.8, 4) is 0 Å². The second-order valence-corrected chi connectivity index (χ2v) is 2.87. The van der Waals surface area contributed by atoms with Gasteiger partial charge in [0.15, 0.2) is 0 Å². The van der Waals surface area contributed by atoms with E-state index >= 15 is 0 Å². The standard InChI is InChI=1S/C10H18O2/c1-3-5-7-9(11)10(12)8-6-4-2/h3-4,9-12H,1-2,5-8H2/t9-,10-/m1/s1. The molecule has 0 radical (unpaired) electrons. The third-order valence-corrected chi connectivity index (χ3v) is 1.78. The minimum absolute atomic E-state index is 0.585. The van der Waals surface area contributed by atoms with Crippen LogP contribution in [0.2, 0.25) is 0 Å². The number of hydrogen-bond acceptors (Lipinski definition) is 2. The first kappa shape index (κ1) is 11.4. The lowest BCUT2D eigenvalue weighted by molar-refractivity contribution is 0.0112. The molecule has 0 fully saturated rings. The monoisotopic (exact) mass is 170 g/mol. The zero-order valence-electron chi connectivity index (χ0n) is 7.45. The molecule has 2 N–H and O–H groups in total. The number of aliphatic hydroxyl groups is 2.